The van der Waals surface area contributed by atoms with Crippen molar-refractivity contribution in [1.29, 1.82) is 0 Å². The monoisotopic (exact) mass is 280 g/mol. The minimum absolute atomic E-state index is 0.605. The van der Waals surface area contributed by atoms with Crippen molar-refractivity contribution in [3.63, 3.8) is 0 Å². The lowest BCUT2D eigenvalue weighted by molar-refractivity contribution is 0.0447. The zero-order valence-corrected chi connectivity index (χ0v) is 12.2. The van der Waals surface area contributed by atoms with E-state index in [0.29, 0.717) is 6.54 Å². The third kappa shape index (κ3) is 2.35. The van der Waals surface area contributed by atoms with Gasteiger partial charge >= 0.3 is 0 Å². The Morgan fingerprint density at radius 3 is 3.16 bits per heavy atom. The second kappa shape index (κ2) is 4.77. The van der Waals surface area contributed by atoms with Gasteiger partial charge in [0.2, 0.25) is 0 Å². The Morgan fingerprint density at radius 2 is 2.42 bits per heavy atom. The van der Waals surface area contributed by atoms with E-state index >= 15 is 0 Å². The van der Waals surface area contributed by atoms with Gasteiger partial charge < -0.3 is 15.3 Å². The van der Waals surface area contributed by atoms with Crippen LogP contribution < -0.4 is 10.2 Å². The normalized spacial score (nSPS) is 24.3. The van der Waals surface area contributed by atoms with Gasteiger partial charge in [-0.1, -0.05) is 0 Å². The molecular formula is C13H20N4OS. The SMILES string of the molecule is CNCc1c(N2CCCC(C)(O)C2)nc2sccn12. The van der Waals surface area contributed by atoms with Crippen LogP contribution in [0.25, 0.3) is 4.96 Å². The maximum absolute atomic E-state index is 10.3. The number of fused-ring (bicyclic) bond motifs is 1. The standard InChI is InChI=1S/C13H20N4OS/c1-13(18)4-3-5-16(9-13)11-10(8-14-2)17-6-7-19-12(17)15-11/h6-7,14,18H,3-5,8-9H2,1-2H3. The summed E-state index contributed by atoms with van der Waals surface area (Å²) >= 11 is 1.65. The number of aliphatic hydroxyl groups is 1. The number of aromatic nitrogens is 2. The maximum Gasteiger partial charge on any atom is 0.195 e. The highest BCUT2D eigenvalue weighted by atomic mass is 32.1. The third-order valence-corrected chi connectivity index (χ3v) is 4.42. The van der Waals surface area contributed by atoms with Crippen molar-refractivity contribution >= 4 is 22.1 Å². The largest absolute Gasteiger partial charge is 0.388 e. The molecule has 1 fully saturated rings. The number of nitrogens with zero attached hydrogens (tertiary/aromatic N) is 3. The molecule has 0 saturated carbocycles. The fraction of sp³-hybridized carbons (Fsp3) is 0.615. The third-order valence-electron chi connectivity index (χ3n) is 3.66. The number of rotatable bonds is 3. The number of thiazole rings is 1. The van der Waals surface area contributed by atoms with Gasteiger partial charge in [-0.3, -0.25) is 4.40 Å². The highest BCUT2D eigenvalue weighted by molar-refractivity contribution is 7.15. The van der Waals surface area contributed by atoms with Gasteiger partial charge in [0.25, 0.3) is 0 Å². The van der Waals surface area contributed by atoms with E-state index in [1.807, 2.05) is 14.0 Å². The molecule has 0 aliphatic carbocycles. The first-order valence-electron chi connectivity index (χ1n) is 6.67. The molecule has 104 valence electrons. The van der Waals surface area contributed by atoms with Crippen LogP contribution in [-0.4, -0.2) is 40.2 Å². The summed E-state index contributed by atoms with van der Waals surface area (Å²) in [6, 6.07) is 0. The summed E-state index contributed by atoms with van der Waals surface area (Å²) in [5.74, 6) is 1.01. The van der Waals surface area contributed by atoms with Gasteiger partial charge in [-0.15, -0.1) is 11.3 Å². The topological polar surface area (TPSA) is 52.8 Å². The van der Waals surface area contributed by atoms with E-state index in [2.05, 4.69) is 26.2 Å². The number of anilines is 1. The Labute approximate surface area is 116 Å². The van der Waals surface area contributed by atoms with Crippen LogP contribution >= 0.6 is 11.3 Å². The number of imidazole rings is 1. The van der Waals surface area contributed by atoms with Gasteiger partial charge in [-0.05, 0) is 26.8 Å². The van der Waals surface area contributed by atoms with E-state index in [0.717, 1.165) is 36.7 Å². The summed E-state index contributed by atoms with van der Waals surface area (Å²) in [6.07, 6.45) is 3.94. The van der Waals surface area contributed by atoms with Gasteiger partial charge in [0.05, 0.1) is 11.3 Å². The molecule has 2 N–H and O–H groups in total. The van der Waals surface area contributed by atoms with E-state index in [-0.39, 0.29) is 0 Å². The molecule has 1 atom stereocenters. The van der Waals surface area contributed by atoms with Gasteiger partial charge in [-0.2, -0.15) is 0 Å². The number of hydrogen-bond acceptors (Lipinski definition) is 5. The van der Waals surface area contributed by atoms with Crippen LogP contribution in [0.1, 0.15) is 25.5 Å². The molecule has 5 nitrogen and oxygen atoms in total. The van der Waals surface area contributed by atoms with Crippen molar-refractivity contribution < 1.29 is 5.11 Å². The molecule has 0 amide bonds. The molecule has 0 bridgehead atoms. The molecule has 3 heterocycles. The second-order valence-corrected chi connectivity index (χ2v) is 6.36. The fourth-order valence-corrected chi connectivity index (χ4v) is 3.53. The van der Waals surface area contributed by atoms with Crippen LogP contribution in [0.5, 0.6) is 0 Å². The quantitative estimate of drug-likeness (QED) is 0.894. The molecule has 19 heavy (non-hydrogen) atoms. The van der Waals surface area contributed by atoms with Gasteiger partial charge in [0.15, 0.2) is 10.8 Å². The lowest BCUT2D eigenvalue weighted by Crippen LogP contribution is -2.46. The average Bonchev–Trinajstić information content (AvgIpc) is 2.90. The number of piperidine rings is 1. The van der Waals surface area contributed by atoms with Gasteiger partial charge in [0, 0.05) is 31.2 Å². The molecule has 2 aromatic heterocycles. The second-order valence-electron chi connectivity index (χ2n) is 5.49. The summed E-state index contributed by atoms with van der Waals surface area (Å²) in [7, 11) is 1.95. The van der Waals surface area contributed by atoms with E-state index in [1.54, 1.807) is 11.3 Å². The fourth-order valence-electron chi connectivity index (χ4n) is 2.81. The Balaban J connectivity index is 1.99. The molecule has 0 aromatic carbocycles. The molecule has 3 rings (SSSR count). The molecular weight excluding hydrogens is 260 g/mol. The average molecular weight is 280 g/mol. The zero-order chi connectivity index (χ0) is 13.5. The highest BCUT2D eigenvalue weighted by Crippen LogP contribution is 2.29. The molecule has 0 spiro atoms. The van der Waals surface area contributed by atoms with Crippen molar-refractivity contribution in [2.45, 2.75) is 31.9 Å². The molecule has 1 aliphatic heterocycles. The van der Waals surface area contributed by atoms with Crippen molar-refractivity contribution in [2.75, 3.05) is 25.0 Å². The lowest BCUT2D eigenvalue weighted by atomic mass is 9.95. The summed E-state index contributed by atoms with van der Waals surface area (Å²) in [6.45, 7) is 4.33. The molecule has 0 radical (unpaired) electrons. The van der Waals surface area contributed by atoms with Crippen molar-refractivity contribution in [3.8, 4) is 0 Å². The van der Waals surface area contributed by atoms with Crippen molar-refractivity contribution in [2.24, 2.45) is 0 Å². The van der Waals surface area contributed by atoms with Crippen LogP contribution in [0.3, 0.4) is 0 Å². The molecule has 6 heteroatoms. The minimum Gasteiger partial charge on any atom is -0.388 e. The van der Waals surface area contributed by atoms with E-state index < -0.39 is 5.60 Å². The zero-order valence-electron chi connectivity index (χ0n) is 11.4. The van der Waals surface area contributed by atoms with E-state index in [4.69, 9.17) is 4.98 Å². The Morgan fingerprint density at radius 1 is 1.58 bits per heavy atom. The van der Waals surface area contributed by atoms with Gasteiger partial charge in [0.1, 0.15) is 0 Å². The summed E-state index contributed by atoms with van der Waals surface area (Å²) < 4.78 is 2.14. The molecule has 1 saturated heterocycles. The van der Waals surface area contributed by atoms with Crippen LogP contribution in [0.4, 0.5) is 5.82 Å². The van der Waals surface area contributed by atoms with E-state index in [9.17, 15) is 5.11 Å². The lowest BCUT2D eigenvalue weighted by Gasteiger charge is -2.37. The summed E-state index contributed by atoms with van der Waals surface area (Å²) in [5, 5.41) is 15.5. The first-order chi connectivity index (χ1) is 9.11. The summed E-state index contributed by atoms with van der Waals surface area (Å²) in [5.41, 5.74) is 0.572. The van der Waals surface area contributed by atoms with Crippen LogP contribution in [-0.2, 0) is 6.54 Å². The highest BCUT2D eigenvalue weighted by Gasteiger charge is 2.31. The Hall–Kier alpha value is -1.11. The number of hydrogen-bond donors (Lipinski definition) is 2. The Bertz CT molecular complexity index is 574. The minimum atomic E-state index is -0.605. The van der Waals surface area contributed by atoms with Crippen LogP contribution in [0.2, 0.25) is 0 Å². The molecule has 1 unspecified atom stereocenters. The van der Waals surface area contributed by atoms with Crippen LogP contribution in [0, 0.1) is 0 Å². The number of β-amino-alcohol motifs (C(OH)–C–C–N with tert-alkyl or cyclic N) is 1. The van der Waals surface area contributed by atoms with E-state index in [1.165, 1.54) is 5.69 Å². The smallest absolute Gasteiger partial charge is 0.195 e. The molecule has 1 aliphatic rings. The Kier molecular flexibility index (Phi) is 3.24. The number of nitrogens with one attached hydrogen (secondary N) is 1. The predicted molar refractivity (Wildman–Crippen MR) is 77.9 cm³/mol. The predicted octanol–water partition coefficient (Wildman–Crippen LogP) is 1.47. The summed E-state index contributed by atoms with van der Waals surface area (Å²) in [4.78, 5) is 7.97. The first kappa shape index (κ1) is 12.9. The molecule has 2 aromatic rings. The van der Waals surface area contributed by atoms with Gasteiger partial charge in [-0.25, -0.2) is 4.98 Å². The van der Waals surface area contributed by atoms with Crippen LogP contribution in [0.15, 0.2) is 11.6 Å². The maximum atomic E-state index is 10.3. The van der Waals surface area contributed by atoms with Crippen molar-refractivity contribution in [1.82, 2.24) is 14.7 Å². The first-order valence-corrected chi connectivity index (χ1v) is 7.55. The van der Waals surface area contributed by atoms with Crippen molar-refractivity contribution in [3.05, 3.63) is 17.3 Å².